The molecule has 166 valence electrons. The van der Waals surface area contributed by atoms with Gasteiger partial charge in [0.2, 0.25) is 0 Å². The highest BCUT2D eigenvalue weighted by atomic mass is 79.9. The number of aliphatic imine (C=N–C) groups is 1. The van der Waals surface area contributed by atoms with Gasteiger partial charge in [0.15, 0.2) is 0 Å². The van der Waals surface area contributed by atoms with Crippen LogP contribution < -0.4 is 9.92 Å². The Morgan fingerprint density at radius 1 is 0.969 bits per heavy atom. The van der Waals surface area contributed by atoms with Crippen LogP contribution in [0.5, 0.6) is 5.75 Å². The summed E-state index contributed by atoms with van der Waals surface area (Å²) in [6.45, 7) is 0. The van der Waals surface area contributed by atoms with Crippen LogP contribution in [0.4, 0.5) is 17.6 Å². The maximum absolute atomic E-state index is 13.9. The molecule has 0 saturated carbocycles. The molecular weight excluding hydrogens is 516 g/mol. The lowest BCUT2D eigenvalue weighted by molar-refractivity contribution is -0.0500. The molecule has 0 saturated heterocycles. The maximum Gasteiger partial charge on any atom is 0.534 e. The molecule has 3 aromatic carbocycles. The van der Waals surface area contributed by atoms with E-state index >= 15 is 0 Å². The molecule has 0 bridgehead atoms. The first-order valence-electron chi connectivity index (χ1n) is 8.98. The molecule has 3 aromatic rings. The van der Waals surface area contributed by atoms with E-state index < -0.39 is 32.7 Å². The lowest BCUT2D eigenvalue weighted by Gasteiger charge is -2.29. The quantitative estimate of drug-likeness (QED) is 0.299. The van der Waals surface area contributed by atoms with E-state index in [0.717, 1.165) is 12.1 Å². The van der Waals surface area contributed by atoms with E-state index in [1.165, 1.54) is 30.3 Å². The molecule has 0 radical (unpaired) electrons. The molecule has 5 nitrogen and oxygen atoms in total. The topological polar surface area (TPSA) is 81.8 Å². The number of hydrogen-bond acceptors (Lipinski definition) is 5. The van der Waals surface area contributed by atoms with Crippen LogP contribution in [-0.4, -0.2) is 19.8 Å². The molecule has 1 heterocycles. The van der Waals surface area contributed by atoms with Gasteiger partial charge >= 0.3 is 15.6 Å². The van der Waals surface area contributed by atoms with E-state index in [0.29, 0.717) is 22.3 Å². The Kier molecular flexibility index (Phi) is 5.29. The van der Waals surface area contributed by atoms with Gasteiger partial charge in [-0.15, -0.1) is 0 Å². The zero-order chi connectivity index (χ0) is 23.3. The largest absolute Gasteiger partial charge is 0.534 e. The molecule has 0 aromatic heterocycles. The van der Waals surface area contributed by atoms with Crippen molar-refractivity contribution in [3.63, 3.8) is 0 Å². The van der Waals surface area contributed by atoms with Crippen molar-refractivity contribution in [2.24, 2.45) is 10.7 Å². The number of alkyl halides is 3. The molecule has 1 unspecified atom stereocenters. The van der Waals surface area contributed by atoms with Gasteiger partial charge in [-0.3, -0.25) is 0 Å². The zero-order valence-corrected chi connectivity index (χ0v) is 18.3. The molecule has 0 aliphatic carbocycles. The number of nitrogens with zero attached hydrogens (tertiary/aromatic N) is 1. The number of amidine groups is 1. The molecule has 11 heteroatoms. The third-order valence-corrected chi connectivity index (χ3v) is 6.57. The van der Waals surface area contributed by atoms with Crippen molar-refractivity contribution in [1.29, 1.82) is 0 Å². The van der Waals surface area contributed by atoms with Gasteiger partial charge in [-0.05, 0) is 56.9 Å². The predicted octanol–water partition coefficient (Wildman–Crippen LogP) is 4.83. The molecule has 1 atom stereocenters. The lowest BCUT2D eigenvalue weighted by Crippen LogP contribution is -2.28. The lowest BCUT2D eigenvalue weighted by atomic mass is 9.77. The van der Waals surface area contributed by atoms with Crippen LogP contribution in [0.2, 0.25) is 0 Å². The van der Waals surface area contributed by atoms with Crippen molar-refractivity contribution in [2.75, 3.05) is 0 Å². The Labute approximate surface area is 188 Å². The summed E-state index contributed by atoms with van der Waals surface area (Å²) in [7, 11) is -5.81. The van der Waals surface area contributed by atoms with Gasteiger partial charge in [0.1, 0.15) is 22.9 Å². The molecule has 4 rings (SSSR count). The molecule has 1 aliphatic rings. The second kappa shape index (κ2) is 7.59. The van der Waals surface area contributed by atoms with Crippen molar-refractivity contribution in [3.8, 4) is 5.75 Å². The molecular formula is C21H13BrF4N2O3S. The Balaban J connectivity index is 1.87. The van der Waals surface area contributed by atoms with Gasteiger partial charge in [0, 0.05) is 5.56 Å². The summed E-state index contributed by atoms with van der Waals surface area (Å²) in [5, 5.41) is 0. The smallest absolute Gasteiger partial charge is 0.383 e. The standard InChI is InChI=1S/C21H13BrF4N2O3S/c22-17-11-13(7-10-18(17)23)20(16-4-2-1-3-15(16)19(27)28-20)12-5-8-14(9-6-12)31-32(29,30)21(24,25)26/h1-11H,(H2,27,28). The Bertz CT molecular complexity index is 1340. The average Bonchev–Trinajstić information content (AvgIpc) is 3.03. The number of benzene rings is 3. The number of rotatable bonds is 4. The van der Waals surface area contributed by atoms with Crippen LogP contribution in [0.25, 0.3) is 0 Å². The van der Waals surface area contributed by atoms with E-state index in [-0.39, 0.29) is 10.3 Å². The molecule has 0 amide bonds. The highest BCUT2D eigenvalue weighted by Gasteiger charge is 2.49. The fourth-order valence-electron chi connectivity index (χ4n) is 3.58. The predicted molar refractivity (Wildman–Crippen MR) is 113 cm³/mol. The molecule has 0 fully saturated rings. The Morgan fingerprint density at radius 2 is 1.59 bits per heavy atom. The first kappa shape index (κ1) is 22.3. The summed E-state index contributed by atoms with van der Waals surface area (Å²) >= 11 is 3.16. The van der Waals surface area contributed by atoms with Crippen LogP contribution in [0.15, 0.2) is 76.2 Å². The van der Waals surface area contributed by atoms with Gasteiger partial charge in [-0.25, -0.2) is 9.38 Å². The van der Waals surface area contributed by atoms with Crippen LogP contribution in [-0.2, 0) is 15.7 Å². The third-order valence-electron chi connectivity index (χ3n) is 4.98. The Hall–Kier alpha value is -2.92. The van der Waals surface area contributed by atoms with Crippen LogP contribution in [0.1, 0.15) is 22.3 Å². The van der Waals surface area contributed by atoms with E-state index in [4.69, 9.17) is 5.73 Å². The summed E-state index contributed by atoms with van der Waals surface area (Å²) in [5.74, 6) is -0.793. The second-order valence-corrected chi connectivity index (χ2v) is 9.28. The van der Waals surface area contributed by atoms with Crippen LogP contribution in [0.3, 0.4) is 0 Å². The van der Waals surface area contributed by atoms with Gasteiger partial charge in [0.25, 0.3) is 0 Å². The monoisotopic (exact) mass is 528 g/mol. The fourth-order valence-corrected chi connectivity index (χ4v) is 4.41. The summed E-state index contributed by atoms with van der Waals surface area (Å²) < 4.78 is 78.8. The normalized spacial score (nSPS) is 18.2. The first-order valence-corrected chi connectivity index (χ1v) is 11.2. The summed E-state index contributed by atoms with van der Waals surface area (Å²) in [5.41, 5.74) is 1.68. The van der Waals surface area contributed by atoms with Crippen molar-refractivity contribution in [1.82, 2.24) is 0 Å². The van der Waals surface area contributed by atoms with E-state index in [9.17, 15) is 26.0 Å². The number of hydrogen-bond donors (Lipinski definition) is 1. The number of fused-ring (bicyclic) bond motifs is 1. The first-order chi connectivity index (χ1) is 15.0. The minimum Gasteiger partial charge on any atom is -0.383 e. The zero-order valence-electron chi connectivity index (χ0n) is 15.9. The number of halogens is 5. The molecule has 1 aliphatic heterocycles. The minimum absolute atomic E-state index is 0.184. The fraction of sp³-hybridized carbons (Fsp3) is 0.0952. The summed E-state index contributed by atoms with van der Waals surface area (Å²) in [6.07, 6.45) is 0. The SMILES string of the molecule is NC1=NC(c2ccc(OS(=O)(=O)C(F)(F)F)cc2)(c2ccc(F)c(Br)c2)c2ccccc21. The van der Waals surface area contributed by atoms with Crippen LogP contribution >= 0.6 is 15.9 Å². The average molecular weight is 529 g/mol. The van der Waals surface area contributed by atoms with Crippen molar-refractivity contribution >= 4 is 31.9 Å². The Morgan fingerprint density at radius 3 is 2.22 bits per heavy atom. The summed E-state index contributed by atoms with van der Waals surface area (Å²) in [4.78, 5) is 4.65. The van der Waals surface area contributed by atoms with Gasteiger partial charge in [-0.1, -0.05) is 42.5 Å². The minimum atomic E-state index is -5.81. The highest BCUT2D eigenvalue weighted by molar-refractivity contribution is 9.10. The van der Waals surface area contributed by atoms with Gasteiger partial charge in [0.05, 0.1) is 4.47 Å². The second-order valence-electron chi connectivity index (χ2n) is 6.89. The summed E-state index contributed by atoms with van der Waals surface area (Å²) in [6, 6.07) is 16.4. The number of nitrogens with two attached hydrogens (primary N) is 1. The molecule has 0 spiro atoms. The molecule has 32 heavy (non-hydrogen) atoms. The van der Waals surface area contributed by atoms with E-state index in [2.05, 4.69) is 25.1 Å². The van der Waals surface area contributed by atoms with E-state index in [1.54, 1.807) is 24.3 Å². The van der Waals surface area contributed by atoms with Crippen molar-refractivity contribution in [2.45, 2.75) is 11.0 Å². The third kappa shape index (κ3) is 3.55. The molecule has 2 N–H and O–H groups in total. The van der Waals surface area contributed by atoms with Gasteiger partial charge in [-0.2, -0.15) is 21.6 Å². The van der Waals surface area contributed by atoms with Crippen molar-refractivity contribution < 1.29 is 30.2 Å². The highest BCUT2D eigenvalue weighted by Crippen LogP contribution is 2.46. The van der Waals surface area contributed by atoms with Gasteiger partial charge < -0.3 is 9.92 Å². The van der Waals surface area contributed by atoms with E-state index in [1.807, 2.05) is 0 Å². The maximum atomic E-state index is 13.9. The van der Waals surface area contributed by atoms with Crippen LogP contribution in [0, 0.1) is 5.82 Å². The van der Waals surface area contributed by atoms with Crippen molar-refractivity contribution in [3.05, 3.63) is 99.3 Å².